The molecule has 1 aliphatic rings. The number of ether oxygens (including phenoxy) is 1. The van der Waals surface area contributed by atoms with Crippen LogP contribution >= 0.6 is 0 Å². The molecule has 2 aromatic rings. The highest BCUT2D eigenvalue weighted by Gasteiger charge is 2.33. The molecule has 3 rings (SSSR count). The molecule has 1 fully saturated rings. The summed E-state index contributed by atoms with van der Waals surface area (Å²) < 4.78 is 18.1. The number of primary amides is 1. The van der Waals surface area contributed by atoms with E-state index in [1.165, 1.54) is 30.3 Å². The number of halogens is 1. The van der Waals surface area contributed by atoms with Crippen molar-refractivity contribution in [2.75, 3.05) is 6.61 Å². The van der Waals surface area contributed by atoms with Crippen molar-refractivity contribution in [1.82, 2.24) is 10.2 Å². The number of hydrogen-bond acceptors (Lipinski definition) is 4. The second-order valence-corrected chi connectivity index (χ2v) is 5.83. The highest BCUT2D eigenvalue weighted by atomic mass is 19.1. The van der Waals surface area contributed by atoms with Crippen LogP contribution in [0.25, 0.3) is 6.08 Å². The number of carbonyl (C=O) groups is 3. The molecule has 4 amide bonds. The Balaban J connectivity index is 1.70. The molecule has 0 bridgehead atoms. The molecule has 2 aromatic carbocycles. The number of benzene rings is 2. The third kappa shape index (κ3) is 4.49. The predicted molar refractivity (Wildman–Crippen MR) is 94.6 cm³/mol. The second-order valence-electron chi connectivity index (χ2n) is 5.83. The van der Waals surface area contributed by atoms with Gasteiger partial charge < -0.3 is 15.8 Å². The molecule has 0 spiro atoms. The van der Waals surface area contributed by atoms with Gasteiger partial charge in [-0.1, -0.05) is 24.3 Å². The number of nitrogens with zero attached hydrogens (tertiary/aromatic N) is 1. The number of rotatable bonds is 6. The minimum atomic E-state index is -0.582. The van der Waals surface area contributed by atoms with E-state index in [-0.39, 0.29) is 24.7 Å². The van der Waals surface area contributed by atoms with Gasteiger partial charge in [0, 0.05) is 0 Å². The van der Waals surface area contributed by atoms with Gasteiger partial charge in [0.15, 0.2) is 6.61 Å². The van der Waals surface area contributed by atoms with Gasteiger partial charge in [-0.25, -0.2) is 9.18 Å². The molecule has 0 radical (unpaired) electrons. The number of amides is 4. The summed E-state index contributed by atoms with van der Waals surface area (Å²) in [6, 6.07) is 11.6. The Hall–Kier alpha value is -3.68. The normalized spacial score (nSPS) is 15.1. The number of nitrogens with one attached hydrogen (secondary N) is 1. The zero-order chi connectivity index (χ0) is 19.4. The van der Waals surface area contributed by atoms with E-state index in [1.807, 2.05) is 0 Å². The molecule has 7 nitrogen and oxygen atoms in total. The maximum Gasteiger partial charge on any atom is 0.329 e. The average Bonchev–Trinajstić information content (AvgIpc) is 2.90. The monoisotopic (exact) mass is 369 g/mol. The molecule has 0 aromatic heterocycles. The minimum Gasteiger partial charge on any atom is -0.484 e. The molecule has 0 aliphatic carbocycles. The van der Waals surface area contributed by atoms with E-state index in [1.54, 1.807) is 24.3 Å². The van der Waals surface area contributed by atoms with Crippen molar-refractivity contribution < 1.29 is 23.5 Å². The summed E-state index contributed by atoms with van der Waals surface area (Å²) in [4.78, 5) is 36.3. The Kier molecular flexibility index (Phi) is 5.16. The van der Waals surface area contributed by atoms with E-state index in [0.29, 0.717) is 16.9 Å². The predicted octanol–water partition coefficient (Wildman–Crippen LogP) is 1.78. The first kappa shape index (κ1) is 18.1. The van der Waals surface area contributed by atoms with Gasteiger partial charge in [0.2, 0.25) is 0 Å². The Bertz CT molecular complexity index is 908. The van der Waals surface area contributed by atoms with Gasteiger partial charge in [0.05, 0.1) is 6.54 Å². The van der Waals surface area contributed by atoms with Gasteiger partial charge in [-0.15, -0.1) is 0 Å². The highest BCUT2D eigenvalue weighted by molar-refractivity contribution is 6.13. The SMILES string of the molecule is NC(=O)COc1ccc(C=C2NC(=O)N(Cc3ccc(F)cc3)C2=O)cc1. The Morgan fingerprint density at radius 1 is 1.11 bits per heavy atom. The number of imide groups is 1. The van der Waals surface area contributed by atoms with Crippen LogP contribution in [0, 0.1) is 5.82 Å². The third-order valence-electron chi connectivity index (χ3n) is 3.79. The van der Waals surface area contributed by atoms with Crippen molar-refractivity contribution in [2.24, 2.45) is 5.73 Å². The number of nitrogens with two attached hydrogens (primary N) is 1. The van der Waals surface area contributed by atoms with E-state index in [9.17, 15) is 18.8 Å². The van der Waals surface area contributed by atoms with Crippen LogP contribution in [-0.2, 0) is 16.1 Å². The summed E-state index contributed by atoms with van der Waals surface area (Å²) >= 11 is 0. The maximum atomic E-state index is 13.0. The summed E-state index contributed by atoms with van der Waals surface area (Å²) in [7, 11) is 0. The molecule has 1 saturated heterocycles. The fourth-order valence-corrected chi connectivity index (χ4v) is 2.47. The van der Waals surface area contributed by atoms with Crippen LogP contribution in [0.4, 0.5) is 9.18 Å². The summed E-state index contributed by atoms with van der Waals surface area (Å²) in [5.41, 5.74) is 6.44. The largest absolute Gasteiger partial charge is 0.484 e. The number of carbonyl (C=O) groups excluding carboxylic acids is 3. The first-order chi connectivity index (χ1) is 12.9. The van der Waals surface area contributed by atoms with Crippen molar-refractivity contribution in [2.45, 2.75) is 6.54 Å². The fraction of sp³-hybridized carbons (Fsp3) is 0.105. The lowest BCUT2D eigenvalue weighted by Gasteiger charge is -2.11. The Morgan fingerprint density at radius 3 is 2.41 bits per heavy atom. The standard InChI is InChI=1S/C19H16FN3O4/c20-14-5-1-13(2-6-14)10-23-18(25)16(22-19(23)26)9-12-3-7-15(8-4-12)27-11-17(21)24/h1-9H,10-11H2,(H2,21,24)(H,22,26). The van der Waals surface area contributed by atoms with Crippen molar-refractivity contribution >= 4 is 23.9 Å². The second kappa shape index (κ2) is 7.69. The number of urea groups is 1. The Labute approximate surface area is 154 Å². The highest BCUT2D eigenvalue weighted by Crippen LogP contribution is 2.19. The van der Waals surface area contributed by atoms with E-state index < -0.39 is 17.8 Å². The summed E-state index contributed by atoms with van der Waals surface area (Å²) in [6.07, 6.45) is 1.53. The molecule has 1 aliphatic heterocycles. The summed E-state index contributed by atoms with van der Waals surface area (Å²) in [5, 5.41) is 2.52. The topological polar surface area (TPSA) is 102 Å². The Morgan fingerprint density at radius 2 is 1.78 bits per heavy atom. The maximum absolute atomic E-state index is 13.0. The molecule has 0 saturated carbocycles. The molecular weight excluding hydrogens is 353 g/mol. The van der Waals surface area contributed by atoms with Gasteiger partial charge in [-0.05, 0) is 41.5 Å². The van der Waals surface area contributed by atoms with Crippen molar-refractivity contribution in [3.8, 4) is 5.75 Å². The van der Waals surface area contributed by atoms with Crippen molar-refractivity contribution in [1.29, 1.82) is 0 Å². The van der Waals surface area contributed by atoms with E-state index in [4.69, 9.17) is 10.5 Å². The van der Waals surface area contributed by atoms with Gasteiger partial charge in [0.25, 0.3) is 11.8 Å². The lowest BCUT2D eigenvalue weighted by Crippen LogP contribution is -2.30. The van der Waals surface area contributed by atoms with Crippen LogP contribution in [-0.4, -0.2) is 29.4 Å². The first-order valence-corrected chi connectivity index (χ1v) is 8.02. The molecule has 8 heteroatoms. The summed E-state index contributed by atoms with van der Waals surface area (Å²) in [6.45, 7) is -0.185. The van der Waals surface area contributed by atoms with Gasteiger partial charge in [-0.2, -0.15) is 0 Å². The molecule has 1 heterocycles. The van der Waals surface area contributed by atoms with Crippen LogP contribution in [0.5, 0.6) is 5.75 Å². The van der Waals surface area contributed by atoms with Gasteiger partial charge in [-0.3, -0.25) is 14.5 Å². The summed E-state index contributed by atoms with van der Waals surface area (Å²) in [5.74, 6) is -0.990. The first-order valence-electron chi connectivity index (χ1n) is 8.02. The van der Waals surface area contributed by atoms with E-state index in [0.717, 1.165) is 4.90 Å². The lowest BCUT2D eigenvalue weighted by molar-refractivity contribution is -0.123. The van der Waals surface area contributed by atoms with Crippen LogP contribution in [0.15, 0.2) is 54.2 Å². The molecule has 27 heavy (non-hydrogen) atoms. The minimum absolute atomic E-state index is 0.0438. The van der Waals surface area contributed by atoms with Crippen LogP contribution < -0.4 is 15.8 Å². The number of hydrogen-bond donors (Lipinski definition) is 2. The molecule has 138 valence electrons. The van der Waals surface area contributed by atoms with Crippen molar-refractivity contribution in [3.63, 3.8) is 0 Å². The van der Waals surface area contributed by atoms with E-state index >= 15 is 0 Å². The van der Waals surface area contributed by atoms with Crippen LogP contribution in [0.3, 0.4) is 0 Å². The molecule has 0 unspecified atom stereocenters. The average molecular weight is 369 g/mol. The quantitative estimate of drug-likeness (QED) is 0.599. The zero-order valence-electron chi connectivity index (χ0n) is 14.1. The molecule has 3 N–H and O–H groups in total. The molecular formula is C19H16FN3O4. The fourth-order valence-electron chi connectivity index (χ4n) is 2.47. The van der Waals surface area contributed by atoms with Crippen LogP contribution in [0.2, 0.25) is 0 Å². The third-order valence-corrected chi connectivity index (χ3v) is 3.79. The van der Waals surface area contributed by atoms with Crippen LogP contribution in [0.1, 0.15) is 11.1 Å². The van der Waals surface area contributed by atoms with E-state index in [2.05, 4.69) is 5.32 Å². The lowest BCUT2D eigenvalue weighted by atomic mass is 10.1. The van der Waals surface area contributed by atoms with Crippen molar-refractivity contribution in [3.05, 3.63) is 71.2 Å². The van der Waals surface area contributed by atoms with Gasteiger partial charge >= 0.3 is 6.03 Å². The molecule has 0 atom stereocenters. The van der Waals surface area contributed by atoms with Gasteiger partial charge in [0.1, 0.15) is 17.3 Å². The smallest absolute Gasteiger partial charge is 0.329 e. The zero-order valence-corrected chi connectivity index (χ0v) is 14.1.